The molecule has 2 heteroatoms. The van der Waals surface area contributed by atoms with E-state index in [1.54, 1.807) is 0 Å². The van der Waals surface area contributed by atoms with Crippen LogP contribution in [0.3, 0.4) is 0 Å². The maximum Gasteiger partial charge on any atom is 0.155 e. The first kappa shape index (κ1) is 15.3. The van der Waals surface area contributed by atoms with Crippen LogP contribution in [0.2, 0.25) is 0 Å². The highest BCUT2D eigenvalue weighted by atomic mass is 16.1. The molecule has 0 radical (unpaired) electrons. The minimum absolute atomic E-state index is 0.0577. The lowest BCUT2D eigenvalue weighted by Gasteiger charge is -2.61. The summed E-state index contributed by atoms with van der Waals surface area (Å²) >= 11 is 0. The number of hydrogen-bond donors (Lipinski definition) is 0. The Hall–Kier alpha value is -0.920. The first-order valence-corrected chi connectivity index (χ1v) is 10.2. The lowest BCUT2D eigenvalue weighted by atomic mass is 9.42. The first-order valence-electron chi connectivity index (χ1n) is 10.2. The summed E-state index contributed by atoms with van der Waals surface area (Å²) in [4.78, 5) is 24.5. The van der Waals surface area contributed by atoms with Gasteiger partial charge < -0.3 is 0 Å². The molecule has 0 heterocycles. The van der Waals surface area contributed by atoms with Gasteiger partial charge in [-0.2, -0.15) is 0 Å². The number of hydrogen-bond acceptors (Lipinski definition) is 2. The van der Waals surface area contributed by atoms with Gasteiger partial charge in [-0.3, -0.25) is 9.59 Å². The molecule has 0 aromatic rings. The first-order chi connectivity index (χ1) is 11.4. The molecule has 0 amide bonds. The summed E-state index contributed by atoms with van der Waals surface area (Å²) in [5.74, 6) is 3.20. The summed E-state index contributed by atoms with van der Waals surface area (Å²) in [5, 5.41) is 0. The summed E-state index contributed by atoms with van der Waals surface area (Å²) in [6.45, 7) is 4.92. The maximum absolute atomic E-state index is 12.6. The van der Waals surface area contributed by atoms with Gasteiger partial charge in [0.2, 0.25) is 0 Å². The standard InChI is InChI=1S/C22H30O2/c1-20-9-5-15(23)13-14(20)3-4-16-17(20)6-10-21(2)18(16)7-11-22(21)12-8-19(22)24/h13,16-18H,3-12H2,1-2H3/t16-,17+,18+,20+,21+,22+/m1/s1. The van der Waals surface area contributed by atoms with Crippen LogP contribution < -0.4 is 0 Å². The van der Waals surface area contributed by atoms with Crippen LogP contribution in [-0.2, 0) is 9.59 Å². The molecule has 5 aliphatic rings. The van der Waals surface area contributed by atoms with Gasteiger partial charge in [0.25, 0.3) is 0 Å². The lowest BCUT2D eigenvalue weighted by Crippen LogP contribution is -2.57. The molecule has 0 unspecified atom stereocenters. The highest BCUT2D eigenvalue weighted by Crippen LogP contribution is 2.73. The molecule has 0 saturated heterocycles. The van der Waals surface area contributed by atoms with E-state index in [0.29, 0.717) is 11.6 Å². The van der Waals surface area contributed by atoms with Gasteiger partial charge in [0.15, 0.2) is 5.78 Å². The van der Waals surface area contributed by atoms with Crippen LogP contribution in [0.1, 0.15) is 78.1 Å². The van der Waals surface area contributed by atoms with Crippen LogP contribution in [0.5, 0.6) is 0 Å². The Morgan fingerprint density at radius 2 is 1.67 bits per heavy atom. The minimum Gasteiger partial charge on any atom is -0.299 e. The van der Waals surface area contributed by atoms with Gasteiger partial charge >= 0.3 is 0 Å². The average molecular weight is 326 g/mol. The van der Waals surface area contributed by atoms with E-state index in [9.17, 15) is 9.59 Å². The third-order valence-corrected chi connectivity index (χ3v) is 9.64. The topological polar surface area (TPSA) is 34.1 Å². The molecule has 0 aromatic carbocycles. The predicted octanol–water partition coefficient (Wildman–Crippen LogP) is 4.87. The molecule has 1 spiro atoms. The number of carbonyl (C=O) groups is 2. The van der Waals surface area contributed by atoms with Crippen LogP contribution in [0.25, 0.3) is 0 Å². The summed E-state index contributed by atoms with van der Waals surface area (Å²) in [7, 11) is 0. The maximum atomic E-state index is 12.6. The summed E-state index contributed by atoms with van der Waals surface area (Å²) < 4.78 is 0. The smallest absolute Gasteiger partial charge is 0.155 e. The fourth-order valence-electron chi connectivity index (χ4n) is 8.09. The van der Waals surface area contributed by atoms with Crippen molar-refractivity contribution in [3.63, 3.8) is 0 Å². The lowest BCUT2D eigenvalue weighted by molar-refractivity contribution is -0.157. The molecule has 130 valence electrons. The average Bonchev–Trinajstić information content (AvgIpc) is 2.89. The number of allylic oxidation sites excluding steroid dienone is 1. The van der Waals surface area contributed by atoms with Crippen molar-refractivity contribution in [1.82, 2.24) is 0 Å². The van der Waals surface area contributed by atoms with Gasteiger partial charge in [0.1, 0.15) is 5.78 Å². The number of ketones is 2. The Morgan fingerprint density at radius 1 is 0.875 bits per heavy atom. The molecule has 24 heavy (non-hydrogen) atoms. The zero-order chi connectivity index (χ0) is 16.7. The second kappa shape index (κ2) is 4.62. The van der Waals surface area contributed by atoms with Gasteiger partial charge in [0.05, 0.1) is 0 Å². The van der Waals surface area contributed by atoms with Crippen LogP contribution >= 0.6 is 0 Å². The van der Waals surface area contributed by atoms with E-state index < -0.39 is 0 Å². The van der Waals surface area contributed by atoms with Crippen molar-refractivity contribution in [3.8, 4) is 0 Å². The van der Waals surface area contributed by atoms with Crippen molar-refractivity contribution in [2.24, 2.45) is 34.0 Å². The fraction of sp³-hybridized carbons (Fsp3) is 0.818. The molecule has 0 aliphatic heterocycles. The molecule has 4 saturated carbocycles. The van der Waals surface area contributed by atoms with E-state index in [2.05, 4.69) is 13.8 Å². The van der Waals surface area contributed by atoms with Gasteiger partial charge in [-0.15, -0.1) is 0 Å². The molecule has 0 N–H and O–H groups in total. The zero-order valence-corrected chi connectivity index (χ0v) is 15.2. The quantitative estimate of drug-likeness (QED) is 0.636. The second-order valence-electron chi connectivity index (χ2n) is 9.97. The minimum atomic E-state index is 0.0577. The number of carbonyl (C=O) groups excluding carboxylic acids is 2. The Morgan fingerprint density at radius 3 is 2.38 bits per heavy atom. The Kier molecular flexibility index (Phi) is 2.95. The van der Waals surface area contributed by atoms with Crippen LogP contribution in [-0.4, -0.2) is 11.6 Å². The van der Waals surface area contributed by atoms with Gasteiger partial charge in [-0.25, -0.2) is 0 Å². The second-order valence-corrected chi connectivity index (χ2v) is 9.97. The fourth-order valence-corrected chi connectivity index (χ4v) is 8.09. The normalized spacial score (nSPS) is 53.1. The Bertz CT molecular complexity index is 661. The van der Waals surface area contributed by atoms with Crippen LogP contribution in [0, 0.1) is 34.0 Å². The van der Waals surface area contributed by atoms with Crippen molar-refractivity contribution < 1.29 is 9.59 Å². The van der Waals surface area contributed by atoms with Gasteiger partial charge in [-0.1, -0.05) is 19.4 Å². The van der Waals surface area contributed by atoms with E-state index in [4.69, 9.17) is 0 Å². The van der Waals surface area contributed by atoms with E-state index in [1.165, 1.54) is 31.3 Å². The highest BCUT2D eigenvalue weighted by molar-refractivity contribution is 5.92. The van der Waals surface area contributed by atoms with Gasteiger partial charge in [-0.05, 0) is 86.0 Å². The van der Waals surface area contributed by atoms with Crippen molar-refractivity contribution in [2.45, 2.75) is 78.1 Å². The van der Waals surface area contributed by atoms with E-state index in [1.807, 2.05) is 6.08 Å². The summed E-state index contributed by atoms with van der Waals surface area (Å²) in [6.07, 6.45) is 13.1. The number of Topliss-reactive ketones (excluding diaryl/α,β-unsaturated/α-hetero) is 1. The third-order valence-electron chi connectivity index (χ3n) is 9.64. The highest BCUT2D eigenvalue weighted by Gasteiger charge is 2.68. The summed E-state index contributed by atoms with van der Waals surface area (Å²) in [6, 6.07) is 0. The predicted molar refractivity (Wildman–Crippen MR) is 93.4 cm³/mol. The largest absolute Gasteiger partial charge is 0.299 e. The van der Waals surface area contributed by atoms with Gasteiger partial charge in [0, 0.05) is 18.3 Å². The van der Waals surface area contributed by atoms with Crippen molar-refractivity contribution in [2.75, 3.05) is 0 Å². The molecule has 0 aromatic heterocycles. The van der Waals surface area contributed by atoms with Crippen LogP contribution in [0.15, 0.2) is 11.6 Å². The van der Waals surface area contributed by atoms with E-state index in [-0.39, 0.29) is 16.2 Å². The molecular formula is C22H30O2. The monoisotopic (exact) mass is 326 g/mol. The van der Waals surface area contributed by atoms with E-state index >= 15 is 0 Å². The molecule has 2 nitrogen and oxygen atoms in total. The third kappa shape index (κ3) is 1.59. The molecule has 0 bridgehead atoms. The molecule has 5 rings (SSSR count). The van der Waals surface area contributed by atoms with Crippen molar-refractivity contribution in [3.05, 3.63) is 11.6 Å². The van der Waals surface area contributed by atoms with Crippen LogP contribution in [0.4, 0.5) is 0 Å². The van der Waals surface area contributed by atoms with Crippen molar-refractivity contribution in [1.29, 1.82) is 0 Å². The number of rotatable bonds is 0. The zero-order valence-electron chi connectivity index (χ0n) is 15.2. The Labute approximate surface area is 145 Å². The van der Waals surface area contributed by atoms with E-state index in [0.717, 1.165) is 56.3 Å². The molecule has 4 fully saturated rings. The molecule has 6 atom stereocenters. The SMILES string of the molecule is C[C@]12CCC(=O)C=C1CC[C@@H]1[C@@H]2CC[C@@]2(C)[C@H]1CC[C@@]21CCC1=O. The van der Waals surface area contributed by atoms with Crippen molar-refractivity contribution >= 4 is 11.6 Å². The molecule has 5 aliphatic carbocycles. The summed E-state index contributed by atoms with van der Waals surface area (Å²) in [5.41, 5.74) is 2.04. The number of fused-ring (bicyclic) bond motifs is 6. The Balaban J connectivity index is 1.51. The molecular weight excluding hydrogens is 296 g/mol.